The molecule has 6 heteroatoms. The van der Waals surface area contributed by atoms with Crippen LogP contribution in [-0.4, -0.2) is 24.9 Å². The van der Waals surface area contributed by atoms with E-state index in [1.807, 2.05) is 12.1 Å². The molecule has 2 N–H and O–H groups in total. The molecule has 132 valence electrons. The molecule has 0 aliphatic heterocycles. The molecule has 1 heterocycles. The average Bonchev–Trinajstić information content (AvgIpc) is 3.28. The molecule has 3 rings (SSSR count). The zero-order valence-corrected chi connectivity index (χ0v) is 16.3. The fourth-order valence-corrected chi connectivity index (χ4v) is 4.73. The van der Waals surface area contributed by atoms with E-state index in [2.05, 4.69) is 50.8 Å². The molecule has 0 bridgehead atoms. The second-order valence-corrected chi connectivity index (χ2v) is 8.88. The molecule has 0 atom stereocenters. The zero-order valence-electron chi connectivity index (χ0n) is 13.9. The lowest BCUT2D eigenvalue weighted by Crippen LogP contribution is -2.43. The molecule has 25 heavy (non-hydrogen) atoms. The van der Waals surface area contributed by atoms with E-state index in [9.17, 15) is 9.59 Å². The number of thiophene rings is 1. The first kappa shape index (κ1) is 18.1. The van der Waals surface area contributed by atoms with Crippen LogP contribution in [0.4, 0.5) is 0 Å². The molecule has 0 spiro atoms. The Morgan fingerprint density at radius 2 is 1.76 bits per heavy atom. The van der Waals surface area contributed by atoms with Crippen molar-refractivity contribution in [3.63, 3.8) is 0 Å². The highest BCUT2D eigenvalue weighted by molar-refractivity contribution is 9.11. The smallest absolute Gasteiger partial charge is 0.261 e. The van der Waals surface area contributed by atoms with Crippen LogP contribution in [0.15, 0.2) is 46.3 Å². The summed E-state index contributed by atoms with van der Waals surface area (Å²) in [6.07, 6.45) is 4.56. The Kier molecular flexibility index (Phi) is 5.91. The number of halogens is 1. The van der Waals surface area contributed by atoms with E-state index in [0.717, 1.165) is 16.6 Å². The summed E-state index contributed by atoms with van der Waals surface area (Å²) in [5, 5.41) is 5.69. The molecule has 0 radical (unpaired) electrons. The highest BCUT2D eigenvalue weighted by Crippen LogP contribution is 2.40. The molecule has 1 aliphatic rings. The van der Waals surface area contributed by atoms with Crippen LogP contribution in [0.3, 0.4) is 0 Å². The van der Waals surface area contributed by atoms with Gasteiger partial charge in [0.25, 0.3) is 5.91 Å². The van der Waals surface area contributed by atoms with Gasteiger partial charge in [0.1, 0.15) is 0 Å². The molecule has 1 aliphatic carbocycles. The summed E-state index contributed by atoms with van der Waals surface area (Å²) in [6.45, 7) is 0.621. The van der Waals surface area contributed by atoms with Gasteiger partial charge >= 0.3 is 0 Å². The van der Waals surface area contributed by atoms with Gasteiger partial charge in [0.2, 0.25) is 5.91 Å². The molecular weight excluding hydrogens is 400 g/mol. The first-order chi connectivity index (χ1) is 12.1. The Bertz CT molecular complexity index is 739. The topological polar surface area (TPSA) is 58.2 Å². The Morgan fingerprint density at radius 1 is 1.04 bits per heavy atom. The van der Waals surface area contributed by atoms with Gasteiger partial charge in [-0.3, -0.25) is 9.59 Å². The van der Waals surface area contributed by atoms with Crippen molar-refractivity contribution in [3.05, 3.63) is 56.7 Å². The Hall–Kier alpha value is -1.66. The van der Waals surface area contributed by atoms with Crippen molar-refractivity contribution >= 4 is 39.1 Å². The molecular formula is C19H21BrN2O2S. The minimum absolute atomic E-state index is 0.000772. The monoisotopic (exact) mass is 420 g/mol. The minimum Gasteiger partial charge on any atom is -0.354 e. The van der Waals surface area contributed by atoms with E-state index in [-0.39, 0.29) is 23.8 Å². The number of hydrogen-bond acceptors (Lipinski definition) is 3. The van der Waals surface area contributed by atoms with E-state index in [0.29, 0.717) is 11.4 Å². The lowest BCUT2D eigenvalue weighted by atomic mass is 9.79. The first-order valence-electron chi connectivity index (χ1n) is 8.45. The second kappa shape index (κ2) is 8.15. The molecule has 0 saturated heterocycles. The predicted octanol–water partition coefficient (Wildman–Crippen LogP) is 3.87. The normalized spacial score (nSPS) is 15.7. The zero-order chi connectivity index (χ0) is 17.7. The van der Waals surface area contributed by atoms with Gasteiger partial charge < -0.3 is 10.6 Å². The number of nitrogens with one attached hydrogen (secondary N) is 2. The fourth-order valence-electron chi connectivity index (χ4n) is 3.43. The molecule has 1 fully saturated rings. The van der Waals surface area contributed by atoms with Crippen LogP contribution >= 0.6 is 27.3 Å². The number of benzene rings is 1. The van der Waals surface area contributed by atoms with Crippen molar-refractivity contribution in [2.45, 2.75) is 31.1 Å². The van der Waals surface area contributed by atoms with Crippen LogP contribution in [0.5, 0.6) is 0 Å². The fraction of sp³-hybridized carbons (Fsp3) is 0.368. The largest absolute Gasteiger partial charge is 0.354 e. The number of hydrogen-bond donors (Lipinski definition) is 2. The molecule has 1 aromatic carbocycles. The maximum Gasteiger partial charge on any atom is 0.261 e. The molecule has 0 unspecified atom stereocenters. The third kappa shape index (κ3) is 4.50. The number of rotatable bonds is 6. The molecule has 1 aromatic heterocycles. The van der Waals surface area contributed by atoms with Crippen LogP contribution in [0, 0.1) is 0 Å². The van der Waals surface area contributed by atoms with E-state index < -0.39 is 0 Å². The van der Waals surface area contributed by atoms with E-state index in [4.69, 9.17) is 0 Å². The maximum absolute atomic E-state index is 12.2. The summed E-state index contributed by atoms with van der Waals surface area (Å²) in [7, 11) is 0. The van der Waals surface area contributed by atoms with Gasteiger partial charge in [-0.05, 0) is 46.5 Å². The quantitative estimate of drug-likeness (QED) is 0.744. The summed E-state index contributed by atoms with van der Waals surface area (Å²) in [4.78, 5) is 24.8. The van der Waals surface area contributed by atoms with Crippen molar-refractivity contribution in [2.24, 2.45) is 0 Å². The summed E-state index contributed by atoms with van der Waals surface area (Å²) in [5.41, 5.74) is 1.32. The van der Waals surface area contributed by atoms with Crippen LogP contribution in [-0.2, 0) is 10.2 Å². The van der Waals surface area contributed by atoms with Gasteiger partial charge in [-0.1, -0.05) is 43.2 Å². The van der Waals surface area contributed by atoms with E-state index in [1.54, 1.807) is 6.07 Å². The third-order valence-electron chi connectivity index (χ3n) is 4.78. The van der Waals surface area contributed by atoms with E-state index in [1.165, 1.54) is 29.7 Å². The highest BCUT2D eigenvalue weighted by atomic mass is 79.9. The van der Waals surface area contributed by atoms with E-state index >= 15 is 0 Å². The molecule has 2 amide bonds. The van der Waals surface area contributed by atoms with Crippen molar-refractivity contribution < 1.29 is 9.59 Å². The summed E-state index contributed by atoms with van der Waals surface area (Å²) >= 11 is 4.68. The lowest BCUT2D eigenvalue weighted by molar-refractivity contribution is -0.120. The summed E-state index contributed by atoms with van der Waals surface area (Å²) in [6, 6.07) is 14.0. The Labute approximate surface area is 160 Å². The molecule has 4 nitrogen and oxygen atoms in total. The standard InChI is InChI=1S/C19H21BrN2O2S/c20-16-9-8-15(25-16)18(24)21-12-17(23)22-13-19(10-4-5-11-19)14-6-2-1-3-7-14/h1-3,6-9H,4-5,10-13H2,(H,21,24)(H,22,23). The van der Waals surface area contributed by atoms with Gasteiger partial charge in [-0.25, -0.2) is 0 Å². The van der Waals surface area contributed by atoms with Gasteiger partial charge in [-0.2, -0.15) is 0 Å². The SMILES string of the molecule is O=C(CNC(=O)c1ccc(Br)s1)NCC1(c2ccccc2)CCCC1. The highest BCUT2D eigenvalue weighted by Gasteiger charge is 2.35. The first-order valence-corrected chi connectivity index (χ1v) is 10.1. The van der Waals surface area contributed by atoms with Gasteiger partial charge in [0.05, 0.1) is 15.2 Å². The lowest BCUT2D eigenvalue weighted by Gasteiger charge is -2.30. The average molecular weight is 421 g/mol. The number of carbonyl (C=O) groups is 2. The van der Waals surface area contributed by atoms with Crippen molar-refractivity contribution in [1.82, 2.24) is 10.6 Å². The summed E-state index contributed by atoms with van der Waals surface area (Å²) < 4.78 is 0.896. The van der Waals surface area contributed by atoms with Crippen molar-refractivity contribution in [1.29, 1.82) is 0 Å². The summed E-state index contributed by atoms with van der Waals surface area (Å²) in [5.74, 6) is -0.365. The molecule has 2 aromatic rings. The second-order valence-electron chi connectivity index (χ2n) is 6.42. The Morgan fingerprint density at radius 3 is 2.40 bits per heavy atom. The van der Waals surface area contributed by atoms with Crippen LogP contribution in [0.25, 0.3) is 0 Å². The van der Waals surface area contributed by atoms with Gasteiger partial charge in [0, 0.05) is 12.0 Å². The number of amides is 2. The predicted molar refractivity (Wildman–Crippen MR) is 104 cm³/mol. The number of carbonyl (C=O) groups excluding carboxylic acids is 2. The van der Waals surface area contributed by atoms with Gasteiger partial charge in [0.15, 0.2) is 0 Å². The third-order valence-corrected chi connectivity index (χ3v) is 6.40. The van der Waals surface area contributed by atoms with Crippen molar-refractivity contribution in [3.8, 4) is 0 Å². The minimum atomic E-state index is -0.218. The van der Waals surface area contributed by atoms with Crippen LogP contribution in [0.2, 0.25) is 0 Å². The van der Waals surface area contributed by atoms with Crippen molar-refractivity contribution in [2.75, 3.05) is 13.1 Å². The van der Waals surface area contributed by atoms with Crippen LogP contribution in [0.1, 0.15) is 40.9 Å². The Balaban J connectivity index is 1.53. The van der Waals surface area contributed by atoms with Crippen LogP contribution < -0.4 is 10.6 Å². The maximum atomic E-state index is 12.2. The molecule has 1 saturated carbocycles. The van der Waals surface area contributed by atoms with Gasteiger partial charge in [-0.15, -0.1) is 11.3 Å².